The SMILES string of the molecule is C=CCOc1ccc(C(=O)N/N=C/c2ccc(OC)c(OCC)c2)cc1OCC. The molecule has 0 heterocycles. The second-order valence-electron chi connectivity index (χ2n) is 5.74. The third-order valence-corrected chi connectivity index (χ3v) is 3.73. The summed E-state index contributed by atoms with van der Waals surface area (Å²) in [4.78, 5) is 12.4. The summed E-state index contributed by atoms with van der Waals surface area (Å²) in [5.41, 5.74) is 3.67. The average Bonchev–Trinajstić information content (AvgIpc) is 2.73. The molecule has 1 N–H and O–H groups in total. The minimum atomic E-state index is -0.365. The van der Waals surface area contributed by atoms with Gasteiger partial charge in [0.2, 0.25) is 0 Å². The number of hydrazone groups is 1. The van der Waals surface area contributed by atoms with Gasteiger partial charge in [0.15, 0.2) is 23.0 Å². The lowest BCUT2D eigenvalue weighted by Crippen LogP contribution is -2.17. The smallest absolute Gasteiger partial charge is 0.271 e. The Morgan fingerprint density at radius 3 is 2.34 bits per heavy atom. The van der Waals surface area contributed by atoms with Gasteiger partial charge in [0, 0.05) is 5.56 Å². The van der Waals surface area contributed by atoms with Crippen LogP contribution in [0.2, 0.25) is 0 Å². The van der Waals surface area contributed by atoms with Gasteiger partial charge < -0.3 is 18.9 Å². The van der Waals surface area contributed by atoms with E-state index >= 15 is 0 Å². The molecule has 0 saturated carbocycles. The molecule has 0 atom stereocenters. The summed E-state index contributed by atoms with van der Waals surface area (Å²) in [6.07, 6.45) is 3.17. The third-order valence-electron chi connectivity index (χ3n) is 3.73. The highest BCUT2D eigenvalue weighted by atomic mass is 16.5. The maximum absolute atomic E-state index is 12.4. The van der Waals surface area contributed by atoms with Crippen LogP contribution in [0.3, 0.4) is 0 Å². The molecule has 0 radical (unpaired) electrons. The van der Waals surface area contributed by atoms with E-state index in [2.05, 4.69) is 17.1 Å². The van der Waals surface area contributed by atoms with Gasteiger partial charge in [-0.2, -0.15) is 5.10 Å². The van der Waals surface area contributed by atoms with Crippen LogP contribution in [-0.2, 0) is 0 Å². The molecule has 7 nitrogen and oxygen atoms in total. The normalized spacial score (nSPS) is 10.4. The minimum Gasteiger partial charge on any atom is -0.493 e. The van der Waals surface area contributed by atoms with E-state index in [0.29, 0.717) is 48.4 Å². The van der Waals surface area contributed by atoms with Crippen LogP contribution in [0.4, 0.5) is 0 Å². The predicted octanol–water partition coefficient (Wildman–Crippen LogP) is 3.82. The van der Waals surface area contributed by atoms with Crippen molar-refractivity contribution in [2.45, 2.75) is 13.8 Å². The zero-order chi connectivity index (χ0) is 21.1. The Bertz CT molecular complexity index is 864. The summed E-state index contributed by atoms with van der Waals surface area (Å²) in [6, 6.07) is 10.3. The van der Waals surface area contributed by atoms with Crippen molar-refractivity contribution in [3.63, 3.8) is 0 Å². The van der Waals surface area contributed by atoms with Gasteiger partial charge in [-0.3, -0.25) is 4.79 Å². The lowest BCUT2D eigenvalue weighted by molar-refractivity contribution is 0.0954. The number of carbonyl (C=O) groups excluding carboxylic acids is 1. The highest BCUT2D eigenvalue weighted by molar-refractivity contribution is 5.95. The fourth-order valence-electron chi connectivity index (χ4n) is 2.46. The van der Waals surface area contributed by atoms with E-state index in [0.717, 1.165) is 5.56 Å². The largest absolute Gasteiger partial charge is 0.493 e. The maximum Gasteiger partial charge on any atom is 0.271 e. The number of ether oxygens (including phenoxy) is 4. The van der Waals surface area contributed by atoms with Crippen molar-refractivity contribution in [3.8, 4) is 23.0 Å². The van der Waals surface area contributed by atoms with Crippen LogP contribution >= 0.6 is 0 Å². The number of rotatable bonds is 11. The Morgan fingerprint density at radius 1 is 1.00 bits per heavy atom. The van der Waals surface area contributed by atoms with Crippen LogP contribution in [0.5, 0.6) is 23.0 Å². The predicted molar refractivity (Wildman–Crippen MR) is 113 cm³/mol. The quantitative estimate of drug-likeness (QED) is 0.354. The van der Waals surface area contributed by atoms with Gasteiger partial charge in [-0.25, -0.2) is 5.43 Å². The number of hydrogen-bond donors (Lipinski definition) is 1. The van der Waals surface area contributed by atoms with E-state index in [-0.39, 0.29) is 5.91 Å². The van der Waals surface area contributed by atoms with Crippen molar-refractivity contribution in [3.05, 3.63) is 60.2 Å². The van der Waals surface area contributed by atoms with E-state index < -0.39 is 0 Å². The molecule has 0 spiro atoms. The first-order valence-electron chi connectivity index (χ1n) is 9.27. The van der Waals surface area contributed by atoms with E-state index in [1.165, 1.54) is 6.21 Å². The van der Waals surface area contributed by atoms with Crippen LogP contribution in [0.15, 0.2) is 54.2 Å². The van der Waals surface area contributed by atoms with E-state index in [1.54, 1.807) is 43.5 Å². The summed E-state index contributed by atoms with van der Waals surface area (Å²) < 4.78 is 21.9. The third kappa shape index (κ3) is 6.27. The van der Waals surface area contributed by atoms with Crippen molar-refractivity contribution in [1.82, 2.24) is 5.43 Å². The molecule has 0 aliphatic heterocycles. The number of carbonyl (C=O) groups is 1. The van der Waals surface area contributed by atoms with Crippen molar-refractivity contribution in [1.29, 1.82) is 0 Å². The van der Waals surface area contributed by atoms with E-state index in [9.17, 15) is 4.79 Å². The summed E-state index contributed by atoms with van der Waals surface area (Å²) in [5, 5.41) is 4.02. The first kappa shape index (κ1) is 21.8. The highest BCUT2D eigenvalue weighted by Gasteiger charge is 2.11. The monoisotopic (exact) mass is 398 g/mol. The molecule has 1 amide bonds. The Morgan fingerprint density at radius 2 is 1.69 bits per heavy atom. The number of benzene rings is 2. The zero-order valence-electron chi connectivity index (χ0n) is 16.9. The molecule has 0 fully saturated rings. The molecule has 29 heavy (non-hydrogen) atoms. The molecule has 7 heteroatoms. The van der Waals surface area contributed by atoms with Crippen LogP contribution in [0, 0.1) is 0 Å². The highest BCUT2D eigenvalue weighted by Crippen LogP contribution is 2.29. The fourth-order valence-corrected chi connectivity index (χ4v) is 2.46. The molecule has 0 aromatic heterocycles. The molecule has 0 aliphatic carbocycles. The standard InChI is InChI=1S/C22H26N2O5/c1-5-12-29-19-11-9-17(14-21(19)28-7-3)22(25)24-23-15-16-8-10-18(26-4)20(13-16)27-6-2/h5,8-11,13-15H,1,6-7,12H2,2-4H3,(H,24,25)/b23-15+. The molecule has 0 saturated heterocycles. The molecular formula is C22H26N2O5. The summed E-state index contributed by atoms with van der Waals surface area (Å²) in [6.45, 7) is 8.69. The molecule has 154 valence electrons. The molecule has 2 rings (SSSR count). The van der Waals surface area contributed by atoms with Gasteiger partial charge in [0.1, 0.15) is 6.61 Å². The minimum absolute atomic E-state index is 0.349. The van der Waals surface area contributed by atoms with E-state index in [1.807, 2.05) is 19.9 Å². The first-order valence-corrected chi connectivity index (χ1v) is 9.27. The second kappa shape index (κ2) is 11.4. The lowest BCUT2D eigenvalue weighted by atomic mass is 10.2. The Hall–Kier alpha value is -3.48. The van der Waals surface area contributed by atoms with Gasteiger partial charge in [-0.1, -0.05) is 12.7 Å². The number of amides is 1. The second-order valence-corrected chi connectivity index (χ2v) is 5.74. The van der Waals surface area contributed by atoms with Gasteiger partial charge >= 0.3 is 0 Å². The lowest BCUT2D eigenvalue weighted by Gasteiger charge is -2.12. The molecule has 2 aromatic carbocycles. The number of nitrogens with one attached hydrogen (secondary N) is 1. The van der Waals surface area contributed by atoms with Gasteiger partial charge in [-0.05, 0) is 55.8 Å². The fraction of sp³-hybridized carbons (Fsp3) is 0.273. The molecule has 2 aromatic rings. The van der Waals surface area contributed by atoms with E-state index in [4.69, 9.17) is 18.9 Å². The topological polar surface area (TPSA) is 78.4 Å². The Labute approximate surface area is 170 Å². The number of nitrogens with zero attached hydrogens (tertiary/aromatic N) is 1. The van der Waals surface area contributed by atoms with Crippen molar-refractivity contribution in [2.24, 2.45) is 5.10 Å². The van der Waals surface area contributed by atoms with Gasteiger partial charge in [0.05, 0.1) is 26.5 Å². The summed E-state index contributed by atoms with van der Waals surface area (Å²) >= 11 is 0. The molecule has 0 aliphatic rings. The molecule has 0 bridgehead atoms. The first-order chi connectivity index (χ1) is 14.1. The van der Waals surface area contributed by atoms with Crippen molar-refractivity contribution >= 4 is 12.1 Å². The van der Waals surface area contributed by atoms with Crippen molar-refractivity contribution < 1.29 is 23.7 Å². The van der Waals surface area contributed by atoms with Gasteiger partial charge in [-0.15, -0.1) is 0 Å². The van der Waals surface area contributed by atoms with Crippen molar-refractivity contribution in [2.75, 3.05) is 26.9 Å². The van der Waals surface area contributed by atoms with Crippen LogP contribution in [0.25, 0.3) is 0 Å². The Kier molecular flexibility index (Phi) is 8.56. The Balaban J connectivity index is 2.09. The molecule has 0 unspecified atom stereocenters. The summed E-state index contributed by atoms with van der Waals surface area (Å²) in [7, 11) is 1.58. The maximum atomic E-state index is 12.4. The van der Waals surface area contributed by atoms with Crippen LogP contribution in [0.1, 0.15) is 29.8 Å². The average molecular weight is 398 g/mol. The zero-order valence-corrected chi connectivity index (χ0v) is 16.9. The molecular weight excluding hydrogens is 372 g/mol. The number of hydrogen-bond acceptors (Lipinski definition) is 6. The van der Waals surface area contributed by atoms with Crippen LogP contribution < -0.4 is 24.4 Å². The number of methoxy groups -OCH3 is 1. The summed E-state index contributed by atoms with van der Waals surface area (Å²) in [5.74, 6) is 1.92. The van der Waals surface area contributed by atoms with Gasteiger partial charge in [0.25, 0.3) is 5.91 Å². The van der Waals surface area contributed by atoms with Crippen LogP contribution in [-0.4, -0.2) is 39.1 Å².